The summed E-state index contributed by atoms with van der Waals surface area (Å²) in [5, 5.41) is 15.3. The third-order valence-corrected chi connectivity index (χ3v) is 5.11. The summed E-state index contributed by atoms with van der Waals surface area (Å²) in [6.45, 7) is 5.64. The van der Waals surface area contributed by atoms with Gasteiger partial charge >= 0.3 is 0 Å². The number of carbonyl (C=O) groups is 2. The van der Waals surface area contributed by atoms with Crippen LogP contribution in [0.5, 0.6) is 5.75 Å². The fraction of sp³-hybridized carbons (Fsp3) is 0.190. The number of benzene rings is 2. The summed E-state index contributed by atoms with van der Waals surface area (Å²) in [7, 11) is 0. The van der Waals surface area contributed by atoms with E-state index in [1.165, 1.54) is 11.3 Å². The number of thiazole rings is 1. The van der Waals surface area contributed by atoms with Gasteiger partial charge in [0.1, 0.15) is 5.75 Å². The Kier molecular flexibility index (Phi) is 6.06. The van der Waals surface area contributed by atoms with Gasteiger partial charge in [-0.1, -0.05) is 18.2 Å². The van der Waals surface area contributed by atoms with Crippen molar-refractivity contribution in [3.05, 3.63) is 70.7 Å². The fourth-order valence-corrected chi connectivity index (χ4v) is 3.50. The lowest BCUT2D eigenvalue weighted by atomic mass is 9.97. The van der Waals surface area contributed by atoms with Crippen LogP contribution in [0.3, 0.4) is 0 Å². The normalized spacial score (nSPS) is 10.5. The van der Waals surface area contributed by atoms with E-state index in [1.807, 2.05) is 13.8 Å². The van der Waals surface area contributed by atoms with Crippen molar-refractivity contribution < 1.29 is 14.7 Å². The highest BCUT2D eigenvalue weighted by Gasteiger charge is 2.21. The number of aromatic nitrogens is 1. The molecule has 0 atom stereocenters. The molecule has 0 aliphatic rings. The molecule has 6 nitrogen and oxygen atoms in total. The van der Waals surface area contributed by atoms with E-state index in [0.29, 0.717) is 5.13 Å². The largest absolute Gasteiger partial charge is 0.507 e. The third kappa shape index (κ3) is 4.04. The number of anilines is 2. The van der Waals surface area contributed by atoms with Crippen LogP contribution in [-0.4, -0.2) is 34.9 Å². The van der Waals surface area contributed by atoms with Crippen molar-refractivity contribution in [1.82, 2.24) is 4.98 Å². The molecular weight excluding hydrogens is 374 g/mol. The fourth-order valence-electron chi connectivity index (χ4n) is 2.97. The Morgan fingerprint density at radius 2 is 1.79 bits per heavy atom. The topological polar surface area (TPSA) is 82.5 Å². The lowest BCUT2D eigenvalue weighted by molar-refractivity contribution is 0.0995. The first kappa shape index (κ1) is 19.6. The van der Waals surface area contributed by atoms with Gasteiger partial charge in [-0.05, 0) is 32.0 Å². The highest BCUT2D eigenvalue weighted by atomic mass is 32.1. The molecule has 144 valence electrons. The number of phenols is 1. The number of hydrogen-bond acceptors (Lipinski definition) is 6. The Morgan fingerprint density at radius 1 is 1.07 bits per heavy atom. The van der Waals surface area contributed by atoms with Crippen LogP contribution in [0.25, 0.3) is 0 Å². The predicted molar refractivity (Wildman–Crippen MR) is 112 cm³/mol. The molecule has 0 saturated heterocycles. The average molecular weight is 395 g/mol. The first-order chi connectivity index (χ1) is 13.5. The number of nitrogens with zero attached hydrogens (tertiary/aromatic N) is 2. The standard InChI is InChI=1S/C21H21N3O3S/c1-3-24(4-2)14-9-10-17(18(25)13-14)19(26)15-7-5-6-8-16(15)20(27)23-21-22-11-12-28-21/h5-13,25H,3-4H2,1-2H3,(H,22,23,27). The number of rotatable bonds is 7. The van der Waals surface area contributed by atoms with E-state index in [4.69, 9.17) is 0 Å². The lowest BCUT2D eigenvalue weighted by Gasteiger charge is -2.21. The van der Waals surface area contributed by atoms with E-state index in [-0.39, 0.29) is 22.4 Å². The van der Waals surface area contributed by atoms with Gasteiger partial charge in [-0.2, -0.15) is 0 Å². The maximum absolute atomic E-state index is 13.0. The van der Waals surface area contributed by atoms with Crippen LogP contribution in [0.2, 0.25) is 0 Å². The lowest BCUT2D eigenvalue weighted by Crippen LogP contribution is -2.21. The van der Waals surface area contributed by atoms with Gasteiger partial charge in [0, 0.05) is 42.0 Å². The molecule has 0 fully saturated rings. The third-order valence-electron chi connectivity index (χ3n) is 4.42. The first-order valence-corrected chi connectivity index (χ1v) is 9.85. The Bertz CT molecular complexity index is 982. The van der Waals surface area contributed by atoms with Crippen LogP contribution in [0.1, 0.15) is 40.1 Å². The van der Waals surface area contributed by atoms with Crippen molar-refractivity contribution in [3.63, 3.8) is 0 Å². The van der Waals surface area contributed by atoms with Crippen LogP contribution in [0.4, 0.5) is 10.8 Å². The molecule has 0 unspecified atom stereocenters. The van der Waals surface area contributed by atoms with Crippen molar-refractivity contribution in [2.75, 3.05) is 23.3 Å². The van der Waals surface area contributed by atoms with Gasteiger partial charge in [-0.25, -0.2) is 4.98 Å². The van der Waals surface area contributed by atoms with Crippen LogP contribution in [-0.2, 0) is 0 Å². The molecule has 0 bridgehead atoms. The number of hydrogen-bond donors (Lipinski definition) is 2. The van der Waals surface area contributed by atoms with E-state index in [9.17, 15) is 14.7 Å². The SMILES string of the molecule is CCN(CC)c1ccc(C(=O)c2ccccc2C(=O)Nc2nccs2)c(O)c1. The summed E-state index contributed by atoms with van der Waals surface area (Å²) >= 11 is 1.29. The van der Waals surface area contributed by atoms with Crippen LogP contribution >= 0.6 is 11.3 Å². The first-order valence-electron chi connectivity index (χ1n) is 8.97. The molecule has 3 rings (SSSR count). The van der Waals surface area contributed by atoms with Crippen LogP contribution in [0.15, 0.2) is 54.0 Å². The van der Waals surface area contributed by atoms with Gasteiger partial charge in [-0.15, -0.1) is 11.3 Å². The molecular formula is C21H21N3O3S. The summed E-state index contributed by atoms with van der Waals surface area (Å²) < 4.78 is 0. The van der Waals surface area contributed by atoms with Crippen molar-refractivity contribution in [2.45, 2.75) is 13.8 Å². The average Bonchev–Trinajstić information content (AvgIpc) is 3.21. The summed E-state index contributed by atoms with van der Waals surface area (Å²) in [4.78, 5) is 31.8. The second kappa shape index (κ2) is 8.67. The van der Waals surface area contributed by atoms with E-state index >= 15 is 0 Å². The number of carbonyl (C=O) groups excluding carboxylic acids is 2. The summed E-state index contributed by atoms with van der Waals surface area (Å²) in [5.41, 5.74) is 1.46. The highest BCUT2D eigenvalue weighted by Crippen LogP contribution is 2.28. The van der Waals surface area contributed by atoms with Crippen LogP contribution < -0.4 is 10.2 Å². The van der Waals surface area contributed by atoms with Crippen molar-refractivity contribution in [2.24, 2.45) is 0 Å². The van der Waals surface area contributed by atoms with Gasteiger partial charge in [0.2, 0.25) is 0 Å². The molecule has 2 N–H and O–H groups in total. The molecule has 7 heteroatoms. The zero-order valence-corrected chi connectivity index (χ0v) is 16.5. The predicted octanol–water partition coefficient (Wildman–Crippen LogP) is 4.18. The minimum Gasteiger partial charge on any atom is -0.507 e. The van der Waals surface area contributed by atoms with Gasteiger partial charge < -0.3 is 10.0 Å². The molecule has 0 saturated carbocycles. The van der Waals surface area contributed by atoms with Gasteiger partial charge in [0.25, 0.3) is 5.91 Å². The molecule has 0 spiro atoms. The van der Waals surface area contributed by atoms with Gasteiger partial charge in [0.05, 0.1) is 11.1 Å². The van der Waals surface area contributed by atoms with E-state index in [2.05, 4.69) is 15.2 Å². The zero-order chi connectivity index (χ0) is 20.1. The Labute approximate surface area is 167 Å². The second-order valence-corrected chi connectivity index (χ2v) is 6.93. The van der Waals surface area contributed by atoms with Gasteiger partial charge in [0.15, 0.2) is 10.9 Å². The van der Waals surface area contributed by atoms with Crippen molar-refractivity contribution in [3.8, 4) is 5.75 Å². The van der Waals surface area contributed by atoms with E-state index in [1.54, 1.807) is 54.0 Å². The summed E-state index contributed by atoms with van der Waals surface area (Å²) in [5.74, 6) is -0.934. The quantitative estimate of drug-likeness (QED) is 0.587. The summed E-state index contributed by atoms with van der Waals surface area (Å²) in [6, 6.07) is 11.5. The van der Waals surface area contributed by atoms with Crippen LogP contribution in [0, 0.1) is 0 Å². The molecule has 2 aromatic carbocycles. The van der Waals surface area contributed by atoms with Gasteiger partial charge in [-0.3, -0.25) is 14.9 Å². The molecule has 0 aliphatic carbocycles. The molecule has 1 aromatic heterocycles. The molecule has 1 amide bonds. The Balaban J connectivity index is 1.92. The number of nitrogens with one attached hydrogen (secondary N) is 1. The molecule has 0 aliphatic heterocycles. The van der Waals surface area contributed by atoms with E-state index in [0.717, 1.165) is 18.8 Å². The number of ketones is 1. The smallest absolute Gasteiger partial charge is 0.258 e. The summed E-state index contributed by atoms with van der Waals surface area (Å²) in [6.07, 6.45) is 1.59. The monoisotopic (exact) mass is 395 g/mol. The maximum atomic E-state index is 13.0. The molecule has 28 heavy (non-hydrogen) atoms. The molecule has 3 aromatic rings. The number of aromatic hydroxyl groups is 1. The second-order valence-electron chi connectivity index (χ2n) is 6.04. The highest BCUT2D eigenvalue weighted by molar-refractivity contribution is 7.13. The van der Waals surface area contributed by atoms with Crippen molar-refractivity contribution in [1.29, 1.82) is 0 Å². The minimum atomic E-state index is -0.418. The number of amides is 1. The minimum absolute atomic E-state index is 0.107. The zero-order valence-electron chi connectivity index (χ0n) is 15.7. The Morgan fingerprint density at radius 3 is 2.39 bits per heavy atom. The maximum Gasteiger partial charge on any atom is 0.258 e. The number of phenolic OH excluding ortho intramolecular Hbond substituents is 1. The Hall–Kier alpha value is -3.19. The molecule has 0 radical (unpaired) electrons. The van der Waals surface area contributed by atoms with E-state index < -0.39 is 11.7 Å². The molecule has 1 heterocycles. The van der Waals surface area contributed by atoms with Crippen molar-refractivity contribution >= 4 is 33.8 Å².